The van der Waals surface area contributed by atoms with Crippen LogP contribution in [0.25, 0.3) is 0 Å². The minimum absolute atomic E-state index is 0.563. The SMILES string of the molecule is Cc1cccc(Oc2ccccc2C=O)c1C. The Kier molecular flexibility index (Phi) is 3.24. The molecule has 0 N–H and O–H groups in total. The van der Waals surface area contributed by atoms with E-state index in [2.05, 4.69) is 0 Å². The minimum atomic E-state index is 0.563. The lowest BCUT2D eigenvalue weighted by Gasteiger charge is -2.11. The molecule has 0 heterocycles. The number of ether oxygens (including phenoxy) is 1. The van der Waals surface area contributed by atoms with E-state index in [1.54, 1.807) is 12.1 Å². The third-order valence-corrected chi connectivity index (χ3v) is 2.82. The monoisotopic (exact) mass is 226 g/mol. The average molecular weight is 226 g/mol. The molecular formula is C15H14O2. The molecule has 0 saturated carbocycles. The van der Waals surface area contributed by atoms with E-state index in [0.717, 1.165) is 17.6 Å². The van der Waals surface area contributed by atoms with Gasteiger partial charge in [0.05, 0.1) is 5.56 Å². The lowest BCUT2D eigenvalue weighted by molar-refractivity contribution is 0.112. The van der Waals surface area contributed by atoms with Crippen LogP contribution in [-0.2, 0) is 0 Å². The fourth-order valence-electron chi connectivity index (χ4n) is 1.62. The molecule has 0 atom stereocenters. The summed E-state index contributed by atoms with van der Waals surface area (Å²) >= 11 is 0. The van der Waals surface area contributed by atoms with Gasteiger partial charge in [-0.25, -0.2) is 0 Å². The molecule has 0 fully saturated rings. The first-order valence-electron chi connectivity index (χ1n) is 5.50. The quantitative estimate of drug-likeness (QED) is 0.742. The maximum atomic E-state index is 10.9. The van der Waals surface area contributed by atoms with Crippen LogP contribution in [-0.4, -0.2) is 6.29 Å². The van der Waals surface area contributed by atoms with Gasteiger partial charge in [-0.2, -0.15) is 0 Å². The maximum Gasteiger partial charge on any atom is 0.153 e. The van der Waals surface area contributed by atoms with E-state index < -0.39 is 0 Å². The van der Waals surface area contributed by atoms with Crippen molar-refractivity contribution in [3.8, 4) is 11.5 Å². The zero-order chi connectivity index (χ0) is 12.3. The molecule has 0 aromatic heterocycles. The summed E-state index contributed by atoms with van der Waals surface area (Å²) in [5.41, 5.74) is 2.83. The van der Waals surface area contributed by atoms with Crippen molar-refractivity contribution in [2.45, 2.75) is 13.8 Å². The number of para-hydroxylation sites is 1. The Morgan fingerprint density at radius 1 is 0.941 bits per heavy atom. The second-order valence-corrected chi connectivity index (χ2v) is 3.96. The van der Waals surface area contributed by atoms with Crippen LogP contribution >= 0.6 is 0 Å². The highest BCUT2D eigenvalue weighted by Gasteiger charge is 2.06. The number of carbonyl (C=O) groups excluding carboxylic acids is 1. The van der Waals surface area contributed by atoms with E-state index in [0.29, 0.717) is 11.3 Å². The highest BCUT2D eigenvalue weighted by Crippen LogP contribution is 2.28. The molecule has 86 valence electrons. The summed E-state index contributed by atoms with van der Waals surface area (Å²) in [6.07, 6.45) is 0.806. The number of hydrogen-bond acceptors (Lipinski definition) is 2. The van der Waals surface area contributed by atoms with Crippen LogP contribution in [0.2, 0.25) is 0 Å². The third kappa shape index (κ3) is 2.36. The Morgan fingerprint density at radius 3 is 2.41 bits per heavy atom. The number of aldehydes is 1. The van der Waals surface area contributed by atoms with E-state index in [4.69, 9.17) is 4.74 Å². The molecule has 0 bridgehead atoms. The van der Waals surface area contributed by atoms with Crippen molar-refractivity contribution >= 4 is 6.29 Å². The highest BCUT2D eigenvalue weighted by molar-refractivity contribution is 5.79. The first-order valence-corrected chi connectivity index (χ1v) is 5.50. The molecule has 2 nitrogen and oxygen atoms in total. The van der Waals surface area contributed by atoms with Gasteiger partial charge in [0, 0.05) is 0 Å². The molecule has 0 saturated heterocycles. The van der Waals surface area contributed by atoms with Gasteiger partial charge in [0.2, 0.25) is 0 Å². The van der Waals surface area contributed by atoms with E-state index in [-0.39, 0.29) is 0 Å². The van der Waals surface area contributed by atoms with Crippen LogP contribution in [0, 0.1) is 13.8 Å². The van der Waals surface area contributed by atoms with Gasteiger partial charge < -0.3 is 4.74 Å². The van der Waals surface area contributed by atoms with Crippen LogP contribution in [0.15, 0.2) is 42.5 Å². The average Bonchev–Trinajstić information content (AvgIpc) is 2.35. The Balaban J connectivity index is 2.38. The standard InChI is InChI=1S/C15H14O2/c1-11-6-5-9-14(12(11)2)17-15-8-4-3-7-13(15)10-16/h3-10H,1-2H3. The second kappa shape index (κ2) is 4.83. The first-order chi connectivity index (χ1) is 8.22. The van der Waals surface area contributed by atoms with Gasteiger partial charge in [-0.3, -0.25) is 4.79 Å². The van der Waals surface area contributed by atoms with Crippen molar-refractivity contribution < 1.29 is 9.53 Å². The van der Waals surface area contributed by atoms with Crippen LogP contribution < -0.4 is 4.74 Å². The molecular weight excluding hydrogens is 212 g/mol. The lowest BCUT2D eigenvalue weighted by Crippen LogP contribution is -1.93. The van der Waals surface area contributed by atoms with E-state index in [1.807, 2.05) is 44.2 Å². The van der Waals surface area contributed by atoms with Gasteiger partial charge in [-0.1, -0.05) is 24.3 Å². The van der Waals surface area contributed by atoms with Crippen molar-refractivity contribution in [1.29, 1.82) is 0 Å². The summed E-state index contributed by atoms with van der Waals surface area (Å²) in [5.74, 6) is 1.38. The van der Waals surface area contributed by atoms with Gasteiger partial charge in [-0.05, 0) is 43.2 Å². The zero-order valence-electron chi connectivity index (χ0n) is 9.94. The van der Waals surface area contributed by atoms with Crippen molar-refractivity contribution in [2.24, 2.45) is 0 Å². The summed E-state index contributed by atoms with van der Waals surface area (Å²) in [6.45, 7) is 4.04. The molecule has 2 heteroatoms. The second-order valence-electron chi connectivity index (χ2n) is 3.96. The van der Waals surface area contributed by atoms with Crippen molar-refractivity contribution in [3.05, 3.63) is 59.2 Å². The summed E-state index contributed by atoms with van der Waals surface area (Å²) in [7, 11) is 0. The zero-order valence-corrected chi connectivity index (χ0v) is 9.94. The van der Waals surface area contributed by atoms with Gasteiger partial charge in [0.15, 0.2) is 6.29 Å². The fraction of sp³-hybridized carbons (Fsp3) is 0.133. The van der Waals surface area contributed by atoms with Gasteiger partial charge in [0.1, 0.15) is 11.5 Å². The number of benzene rings is 2. The van der Waals surface area contributed by atoms with Crippen LogP contribution in [0.5, 0.6) is 11.5 Å². The molecule has 0 radical (unpaired) electrons. The normalized spacial score (nSPS) is 10.0. The summed E-state index contributed by atoms with van der Waals surface area (Å²) in [4.78, 5) is 10.9. The van der Waals surface area contributed by atoms with E-state index in [1.165, 1.54) is 5.56 Å². The topological polar surface area (TPSA) is 26.3 Å². The molecule has 0 aliphatic heterocycles. The Labute approximate surface area is 101 Å². The highest BCUT2D eigenvalue weighted by atomic mass is 16.5. The third-order valence-electron chi connectivity index (χ3n) is 2.82. The predicted octanol–water partition coefficient (Wildman–Crippen LogP) is 3.91. The Morgan fingerprint density at radius 2 is 1.65 bits per heavy atom. The van der Waals surface area contributed by atoms with Gasteiger partial charge in [-0.15, -0.1) is 0 Å². The molecule has 17 heavy (non-hydrogen) atoms. The van der Waals surface area contributed by atoms with Crippen molar-refractivity contribution in [2.75, 3.05) is 0 Å². The molecule has 2 aromatic rings. The van der Waals surface area contributed by atoms with E-state index >= 15 is 0 Å². The fourth-order valence-corrected chi connectivity index (χ4v) is 1.62. The lowest BCUT2D eigenvalue weighted by atomic mass is 10.1. The van der Waals surface area contributed by atoms with Gasteiger partial charge in [0.25, 0.3) is 0 Å². The summed E-state index contributed by atoms with van der Waals surface area (Å²) in [5, 5.41) is 0. The summed E-state index contributed by atoms with van der Waals surface area (Å²) < 4.78 is 5.78. The molecule has 0 unspecified atom stereocenters. The smallest absolute Gasteiger partial charge is 0.153 e. The maximum absolute atomic E-state index is 10.9. The minimum Gasteiger partial charge on any atom is -0.456 e. The van der Waals surface area contributed by atoms with E-state index in [9.17, 15) is 4.79 Å². The predicted molar refractivity (Wildman–Crippen MR) is 67.8 cm³/mol. The van der Waals surface area contributed by atoms with Crippen molar-refractivity contribution in [1.82, 2.24) is 0 Å². The van der Waals surface area contributed by atoms with Crippen LogP contribution in [0.4, 0.5) is 0 Å². The largest absolute Gasteiger partial charge is 0.456 e. The molecule has 0 aliphatic carbocycles. The molecule has 2 rings (SSSR count). The molecule has 0 spiro atoms. The van der Waals surface area contributed by atoms with Crippen LogP contribution in [0.3, 0.4) is 0 Å². The van der Waals surface area contributed by atoms with Crippen LogP contribution in [0.1, 0.15) is 21.5 Å². The summed E-state index contributed by atoms with van der Waals surface area (Å²) in [6, 6.07) is 13.1. The molecule has 0 aliphatic rings. The van der Waals surface area contributed by atoms with Crippen molar-refractivity contribution in [3.63, 3.8) is 0 Å². The number of hydrogen-bond donors (Lipinski definition) is 0. The molecule has 2 aromatic carbocycles. The Hall–Kier alpha value is -2.09. The molecule has 0 amide bonds. The number of rotatable bonds is 3. The Bertz CT molecular complexity index is 544. The van der Waals surface area contributed by atoms with Gasteiger partial charge >= 0.3 is 0 Å². The number of aryl methyl sites for hydroxylation is 1. The first kappa shape index (κ1) is 11.4. The number of carbonyl (C=O) groups is 1.